The molecule has 3 nitrogen and oxygen atoms in total. The lowest BCUT2D eigenvalue weighted by molar-refractivity contribution is 0.0910. The van der Waals surface area contributed by atoms with Crippen LogP contribution in [0.1, 0.15) is 30.8 Å². The zero-order valence-electron chi connectivity index (χ0n) is 11.1. The summed E-state index contributed by atoms with van der Waals surface area (Å²) in [5.41, 5.74) is 0.231. The zero-order chi connectivity index (χ0) is 13.9. The van der Waals surface area contributed by atoms with Gasteiger partial charge in [-0.1, -0.05) is 47.1 Å². The summed E-state index contributed by atoms with van der Waals surface area (Å²) in [6.07, 6.45) is 2.53. The zero-order valence-corrected chi connectivity index (χ0v) is 12.7. The van der Waals surface area contributed by atoms with Crippen molar-refractivity contribution in [2.45, 2.75) is 25.8 Å². The van der Waals surface area contributed by atoms with Crippen LogP contribution in [0.25, 0.3) is 10.8 Å². The van der Waals surface area contributed by atoms with Crippen molar-refractivity contribution in [2.75, 3.05) is 5.33 Å². The van der Waals surface area contributed by atoms with Gasteiger partial charge in [0, 0.05) is 22.5 Å². The lowest BCUT2D eigenvalue weighted by Gasteiger charge is -2.27. The molecule has 1 aromatic heterocycles. The van der Waals surface area contributed by atoms with Gasteiger partial charge in [-0.25, -0.2) is 0 Å². The molecule has 4 heteroatoms. The highest BCUT2D eigenvalue weighted by Crippen LogP contribution is 2.18. The van der Waals surface area contributed by atoms with E-state index < -0.39 is 0 Å². The highest BCUT2D eigenvalue weighted by molar-refractivity contribution is 9.09. The number of hydrogen-bond acceptors (Lipinski definition) is 2. The maximum absolute atomic E-state index is 12.4. The molecule has 2 rings (SSSR count). The second-order valence-corrected chi connectivity index (χ2v) is 5.44. The summed E-state index contributed by atoms with van der Waals surface area (Å²) in [6.45, 7) is 4.07. The summed E-state index contributed by atoms with van der Waals surface area (Å²) in [4.78, 5) is 16.6. The van der Waals surface area contributed by atoms with Crippen LogP contribution in [0.4, 0.5) is 0 Å². The minimum Gasteiger partial charge on any atom is -0.345 e. The van der Waals surface area contributed by atoms with Gasteiger partial charge in [0.1, 0.15) is 5.69 Å². The van der Waals surface area contributed by atoms with Crippen LogP contribution in [0.3, 0.4) is 0 Å². The molecule has 0 radical (unpaired) electrons. The van der Waals surface area contributed by atoms with Gasteiger partial charge in [0.15, 0.2) is 0 Å². The quantitative estimate of drug-likeness (QED) is 0.876. The molecule has 0 saturated carbocycles. The predicted molar refractivity (Wildman–Crippen MR) is 81.7 cm³/mol. The molecule has 0 saturated heterocycles. The molecule has 0 aliphatic rings. The highest BCUT2D eigenvalue weighted by Gasteiger charge is 2.24. The van der Waals surface area contributed by atoms with E-state index >= 15 is 0 Å². The smallest absolute Gasteiger partial charge is 0.270 e. The third-order valence-corrected chi connectivity index (χ3v) is 4.62. The SMILES string of the molecule is CCC(C)(CBr)NC(=O)c1nccc2ccccc12. The van der Waals surface area contributed by atoms with E-state index in [9.17, 15) is 4.79 Å². The Labute approximate surface area is 121 Å². The number of fused-ring (bicyclic) bond motifs is 1. The van der Waals surface area contributed by atoms with Crippen LogP contribution in [0.2, 0.25) is 0 Å². The van der Waals surface area contributed by atoms with Gasteiger partial charge >= 0.3 is 0 Å². The van der Waals surface area contributed by atoms with E-state index in [1.54, 1.807) is 6.20 Å². The molecule has 0 bridgehead atoms. The van der Waals surface area contributed by atoms with Crippen molar-refractivity contribution in [1.82, 2.24) is 10.3 Å². The minimum absolute atomic E-state index is 0.124. The third-order valence-electron chi connectivity index (χ3n) is 3.38. The van der Waals surface area contributed by atoms with E-state index in [-0.39, 0.29) is 11.4 Å². The van der Waals surface area contributed by atoms with E-state index in [1.165, 1.54) is 0 Å². The number of pyridine rings is 1. The van der Waals surface area contributed by atoms with Crippen LogP contribution in [0, 0.1) is 0 Å². The standard InChI is InChI=1S/C15H17BrN2O/c1-3-15(2,10-16)18-14(19)13-12-7-5-4-6-11(12)8-9-17-13/h4-9H,3,10H2,1-2H3,(H,18,19). The maximum atomic E-state index is 12.4. The molecule has 1 N–H and O–H groups in total. The predicted octanol–water partition coefficient (Wildman–Crippen LogP) is 3.53. The van der Waals surface area contributed by atoms with Crippen LogP contribution in [-0.4, -0.2) is 21.8 Å². The highest BCUT2D eigenvalue weighted by atomic mass is 79.9. The first kappa shape index (κ1) is 14.0. The van der Waals surface area contributed by atoms with Crippen molar-refractivity contribution in [2.24, 2.45) is 0 Å². The average Bonchev–Trinajstić information content (AvgIpc) is 2.46. The molecule has 1 unspecified atom stereocenters. The molecule has 0 aliphatic heterocycles. The molecule has 19 heavy (non-hydrogen) atoms. The third kappa shape index (κ3) is 2.95. The Hall–Kier alpha value is -1.42. The van der Waals surface area contributed by atoms with Crippen molar-refractivity contribution in [3.63, 3.8) is 0 Å². The molecule has 0 fully saturated rings. The number of alkyl halides is 1. The van der Waals surface area contributed by atoms with Crippen LogP contribution in [0.15, 0.2) is 36.5 Å². The lowest BCUT2D eigenvalue weighted by Crippen LogP contribution is -2.47. The fraction of sp³-hybridized carbons (Fsp3) is 0.333. The number of aromatic nitrogens is 1. The topological polar surface area (TPSA) is 42.0 Å². The summed E-state index contributed by atoms with van der Waals surface area (Å²) in [5, 5.41) is 5.68. The maximum Gasteiger partial charge on any atom is 0.270 e. The van der Waals surface area contributed by atoms with Gasteiger partial charge < -0.3 is 5.32 Å². The Morgan fingerprint density at radius 1 is 1.37 bits per heavy atom. The number of carbonyl (C=O) groups is 1. The fourth-order valence-electron chi connectivity index (χ4n) is 1.85. The van der Waals surface area contributed by atoms with Gasteiger partial charge in [0.2, 0.25) is 0 Å². The van der Waals surface area contributed by atoms with Crippen LogP contribution < -0.4 is 5.32 Å². The van der Waals surface area contributed by atoms with Crippen molar-refractivity contribution in [3.8, 4) is 0 Å². The van der Waals surface area contributed by atoms with Gasteiger partial charge in [-0.2, -0.15) is 0 Å². The summed E-state index contributed by atoms with van der Waals surface area (Å²) in [5.74, 6) is -0.124. The molecule has 1 aromatic carbocycles. The normalized spacial score (nSPS) is 14.1. The number of hydrogen-bond donors (Lipinski definition) is 1. The number of carbonyl (C=O) groups excluding carboxylic acids is 1. The van der Waals surface area contributed by atoms with Gasteiger partial charge in [0.25, 0.3) is 5.91 Å². The molecular formula is C15H17BrN2O. The summed E-state index contributed by atoms with van der Waals surface area (Å²) in [7, 11) is 0. The Bertz CT molecular complexity index is 588. The molecule has 2 aromatic rings. The Kier molecular flexibility index (Phi) is 4.20. The molecule has 1 amide bonds. The number of nitrogens with zero attached hydrogens (tertiary/aromatic N) is 1. The number of halogens is 1. The summed E-state index contributed by atoms with van der Waals surface area (Å²) in [6, 6.07) is 9.70. The van der Waals surface area contributed by atoms with Crippen LogP contribution in [0.5, 0.6) is 0 Å². The van der Waals surface area contributed by atoms with Crippen molar-refractivity contribution < 1.29 is 4.79 Å². The average molecular weight is 321 g/mol. The Morgan fingerprint density at radius 3 is 2.79 bits per heavy atom. The summed E-state index contributed by atoms with van der Waals surface area (Å²) >= 11 is 3.45. The van der Waals surface area contributed by atoms with Gasteiger partial charge in [-0.15, -0.1) is 0 Å². The number of benzene rings is 1. The number of nitrogens with one attached hydrogen (secondary N) is 1. The first-order valence-electron chi connectivity index (χ1n) is 6.32. The number of rotatable bonds is 4. The van der Waals surface area contributed by atoms with E-state index in [0.717, 1.165) is 17.2 Å². The molecule has 1 heterocycles. The minimum atomic E-state index is -0.254. The summed E-state index contributed by atoms with van der Waals surface area (Å²) < 4.78 is 0. The molecule has 1 atom stereocenters. The lowest BCUT2D eigenvalue weighted by atomic mass is 10.0. The van der Waals surface area contributed by atoms with Crippen molar-refractivity contribution in [1.29, 1.82) is 0 Å². The van der Waals surface area contributed by atoms with E-state index in [0.29, 0.717) is 11.0 Å². The molecule has 100 valence electrons. The van der Waals surface area contributed by atoms with Gasteiger partial charge in [0.05, 0.1) is 0 Å². The first-order valence-corrected chi connectivity index (χ1v) is 7.44. The number of amides is 1. The fourth-order valence-corrected chi connectivity index (χ4v) is 2.39. The van der Waals surface area contributed by atoms with Crippen molar-refractivity contribution >= 4 is 32.6 Å². The largest absolute Gasteiger partial charge is 0.345 e. The van der Waals surface area contributed by atoms with E-state index in [2.05, 4.69) is 33.2 Å². The van der Waals surface area contributed by atoms with Crippen LogP contribution >= 0.6 is 15.9 Å². The molecule has 0 spiro atoms. The van der Waals surface area contributed by atoms with Crippen LogP contribution in [-0.2, 0) is 0 Å². The van der Waals surface area contributed by atoms with Gasteiger partial charge in [-0.3, -0.25) is 9.78 Å². The Morgan fingerprint density at radius 2 is 2.11 bits per heavy atom. The molecule has 0 aliphatic carbocycles. The Balaban J connectivity index is 2.37. The second kappa shape index (κ2) is 5.70. The van der Waals surface area contributed by atoms with Gasteiger partial charge in [-0.05, 0) is 24.8 Å². The van der Waals surface area contributed by atoms with E-state index in [1.807, 2.05) is 37.3 Å². The first-order chi connectivity index (χ1) is 9.09. The monoisotopic (exact) mass is 320 g/mol. The molecular weight excluding hydrogens is 304 g/mol. The van der Waals surface area contributed by atoms with E-state index in [4.69, 9.17) is 0 Å². The van der Waals surface area contributed by atoms with Crippen molar-refractivity contribution in [3.05, 3.63) is 42.2 Å². The second-order valence-electron chi connectivity index (χ2n) is 4.88.